The summed E-state index contributed by atoms with van der Waals surface area (Å²) in [5.41, 5.74) is 3.65. The summed E-state index contributed by atoms with van der Waals surface area (Å²) in [7, 11) is 0. The van der Waals surface area contributed by atoms with Gasteiger partial charge in [-0.15, -0.1) is 0 Å². The summed E-state index contributed by atoms with van der Waals surface area (Å²) in [6, 6.07) is 6.44. The third kappa shape index (κ3) is 2.81. The molecule has 0 spiro atoms. The minimum atomic E-state index is -0.300. The molecule has 1 saturated carbocycles. The molecule has 19 heavy (non-hydrogen) atoms. The van der Waals surface area contributed by atoms with E-state index in [4.69, 9.17) is 0 Å². The number of amides is 1. The third-order valence-electron chi connectivity index (χ3n) is 4.34. The van der Waals surface area contributed by atoms with Crippen LogP contribution in [0.2, 0.25) is 0 Å². The molecular weight excluding hydrogens is 238 g/mol. The maximum Gasteiger partial charge on any atom is 0.224 e. The number of fused-ring (bicyclic) bond motifs is 1. The molecule has 102 valence electrons. The first-order chi connectivity index (χ1) is 9.21. The van der Waals surface area contributed by atoms with Gasteiger partial charge in [-0.05, 0) is 55.2 Å². The zero-order valence-corrected chi connectivity index (χ0v) is 11.2. The van der Waals surface area contributed by atoms with Crippen LogP contribution in [0.3, 0.4) is 0 Å². The fourth-order valence-corrected chi connectivity index (χ4v) is 2.90. The van der Waals surface area contributed by atoms with Crippen molar-refractivity contribution < 1.29 is 9.90 Å². The van der Waals surface area contributed by atoms with Gasteiger partial charge in [0.1, 0.15) is 0 Å². The lowest BCUT2D eigenvalue weighted by atomic mass is 9.90. The molecule has 0 radical (unpaired) electrons. The van der Waals surface area contributed by atoms with Crippen LogP contribution in [0.25, 0.3) is 0 Å². The number of aryl methyl sites for hydroxylation is 2. The van der Waals surface area contributed by atoms with Crippen LogP contribution in [0.5, 0.6) is 0 Å². The number of nitrogens with one attached hydrogen (secondary N) is 1. The van der Waals surface area contributed by atoms with E-state index in [1.807, 2.05) is 0 Å². The van der Waals surface area contributed by atoms with Crippen molar-refractivity contribution in [3.63, 3.8) is 0 Å². The molecule has 0 bridgehead atoms. The number of carbonyl (C=O) groups is 1. The molecule has 0 unspecified atom stereocenters. The molecule has 0 saturated heterocycles. The maximum atomic E-state index is 12.0. The SMILES string of the molecule is O=C(Cc1ccc2c(c1)CCCC2)NC1(CO)CC1. The first kappa shape index (κ1) is 12.7. The molecule has 0 aromatic heterocycles. The summed E-state index contributed by atoms with van der Waals surface area (Å²) in [5, 5.41) is 12.2. The highest BCUT2D eigenvalue weighted by molar-refractivity contribution is 5.79. The average Bonchev–Trinajstić information content (AvgIpc) is 3.19. The van der Waals surface area contributed by atoms with Crippen molar-refractivity contribution in [1.82, 2.24) is 5.32 Å². The predicted molar refractivity (Wildman–Crippen MR) is 74.0 cm³/mol. The predicted octanol–water partition coefficient (Wildman–Crippen LogP) is 1.75. The quantitative estimate of drug-likeness (QED) is 0.865. The minimum Gasteiger partial charge on any atom is -0.394 e. The highest BCUT2D eigenvalue weighted by Crippen LogP contribution is 2.34. The highest BCUT2D eigenvalue weighted by Gasteiger charge is 2.43. The molecule has 2 N–H and O–H groups in total. The standard InChI is InChI=1S/C16H21NO2/c18-11-16(7-8-16)17-15(19)10-12-5-6-13-3-1-2-4-14(13)9-12/h5-6,9,18H,1-4,7-8,10-11H2,(H,17,19). The van der Waals surface area contributed by atoms with E-state index in [0.717, 1.165) is 24.8 Å². The van der Waals surface area contributed by atoms with Crippen LogP contribution in [0.15, 0.2) is 18.2 Å². The zero-order valence-electron chi connectivity index (χ0n) is 11.2. The van der Waals surface area contributed by atoms with Gasteiger partial charge in [0.2, 0.25) is 5.91 Å². The normalized spacial score (nSPS) is 19.6. The topological polar surface area (TPSA) is 49.3 Å². The molecular formula is C16H21NO2. The van der Waals surface area contributed by atoms with Gasteiger partial charge in [0, 0.05) is 0 Å². The first-order valence-electron chi connectivity index (χ1n) is 7.23. The lowest BCUT2D eigenvalue weighted by Gasteiger charge is -2.17. The van der Waals surface area contributed by atoms with Gasteiger partial charge in [0.15, 0.2) is 0 Å². The second-order valence-electron chi connectivity index (χ2n) is 5.97. The summed E-state index contributed by atoms with van der Waals surface area (Å²) in [5.74, 6) is 0.0299. The van der Waals surface area contributed by atoms with Crippen molar-refractivity contribution in [3.05, 3.63) is 34.9 Å². The molecule has 0 heterocycles. The Hall–Kier alpha value is -1.35. The Bertz CT molecular complexity index is 492. The number of hydrogen-bond acceptors (Lipinski definition) is 2. The Morgan fingerprint density at radius 3 is 2.63 bits per heavy atom. The molecule has 1 aromatic carbocycles. The number of aliphatic hydroxyl groups is 1. The van der Waals surface area contributed by atoms with Gasteiger partial charge < -0.3 is 10.4 Å². The van der Waals surface area contributed by atoms with Crippen molar-refractivity contribution in [2.45, 2.75) is 50.5 Å². The average molecular weight is 259 g/mol. The number of benzene rings is 1. The molecule has 1 amide bonds. The van der Waals surface area contributed by atoms with E-state index in [1.54, 1.807) is 0 Å². The van der Waals surface area contributed by atoms with Gasteiger partial charge in [-0.25, -0.2) is 0 Å². The number of aliphatic hydroxyl groups excluding tert-OH is 1. The summed E-state index contributed by atoms with van der Waals surface area (Å²) < 4.78 is 0. The van der Waals surface area contributed by atoms with Crippen LogP contribution in [-0.4, -0.2) is 23.2 Å². The van der Waals surface area contributed by atoms with Crippen LogP contribution in [0.4, 0.5) is 0 Å². The van der Waals surface area contributed by atoms with Crippen LogP contribution in [-0.2, 0) is 24.1 Å². The van der Waals surface area contributed by atoms with Gasteiger partial charge in [-0.2, -0.15) is 0 Å². The van der Waals surface area contributed by atoms with Crippen molar-refractivity contribution in [2.24, 2.45) is 0 Å². The molecule has 2 aliphatic rings. The van der Waals surface area contributed by atoms with Gasteiger partial charge in [0.05, 0.1) is 18.6 Å². The molecule has 0 aliphatic heterocycles. The lowest BCUT2D eigenvalue weighted by Crippen LogP contribution is -2.40. The summed E-state index contributed by atoms with van der Waals surface area (Å²) in [6.07, 6.45) is 7.09. The lowest BCUT2D eigenvalue weighted by molar-refractivity contribution is -0.121. The van der Waals surface area contributed by atoms with E-state index in [-0.39, 0.29) is 18.1 Å². The summed E-state index contributed by atoms with van der Waals surface area (Å²) >= 11 is 0. The number of hydrogen-bond donors (Lipinski definition) is 2. The van der Waals surface area contributed by atoms with Crippen LogP contribution >= 0.6 is 0 Å². The largest absolute Gasteiger partial charge is 0.394 e. The Kier molecular flexibility index (Phi) is 3.31. The molecule has 3 rings (SSSR count). The molecule has 2 aliphatic carbocycles. The van der Waals surface area contributed by atoms with Gasteiger partial charge in [-0.1, -0.05) is 18.2 Å². The van der Waals surface area contributed by atoms with Gasteiger partial charge >= 0.3 is 0 Å². The minimum absolute atomic E-state index is 0.0299. The Morgan fingerprint density at radius 2 is 1.95 bits per heavy atom. The second kappa shape index (κ2) is 4.97. The summed E-state index contributed by atoms with van der Waals surface area (Å²) in [4.78, 5) is 12.0. The van der Waals surface area contributed by atoms with E-state index >= 15 is 0 Å². The smallest absolute Gasteiger partial charge is 0.224 e. The zero-order chi connectivity index (χ0) is 13.3. The Labute approximate surface area is 114 Å². The Balaban J connectivity index is 1.64. The summed E-state index contributed by atoms with van der Waals surface area (Å²) in [6.45, 7) is 0.0585. The molecule has 0 atom stereocenters. The molecule has 1 aromatic rings. The van der Waals surface area contributed by atoms with E-state index in [1.165, 1.54) is 30.4 Å². The van der Waals surface area contributed by atoms with Crippen LogP contribution in [0, 0.1) is 0 Å². The van der Waals surface area contributed by atoms with Crippen LogP contribution < -0.4 is 5.32 Å². The van der Waals surface area contributed by atoms with Crippen LogP contribution in [0.1, 0.15) is 42.4 Å². The number of rotatable bonds is 4. The van der Waals surface area contributed by atoms with E-state index in [9.17, 15) is 9.90 Å². The number of carbonyl (C=O) groups excluding carboxylic acids is 1. The molecule has 3 nitrogen and oxygen atoms in total. The van der Waals surface area contributed by atoms with Gasteiger partial charge in [-0.3, -0.25) is 4.79 Å². The van der Waals surface area contributed by atoms with Crippen molar-refractivity contribution in [2.75, 3.05) is 6.61 Å². The molecule has 3 heteroatoms. The van der Waals surface area contributed by atoms with E-state index < -0.39 is 0 Å². The van der Waals surface area contributed by atoms with Gasteiger partial charge in [0.25, 0.3) is 0 Å². The van der Waals surface area contributed by atoms with Crippen molar-refractivity contribution in [1.29, 1.82) is 0 Å². The fraction of sp³-hybridized carbons (Fsp3) is 0.562. The highest BCUT2D eigenvalue weighted by atomic mass is 16.3. The second-order valence-corrected chi connectivity index (χ2v) is 5.97. The first-order valence-corrected chi connectivity index (χ1v) is 7.23. The monoisotopic (exact) mass is 259 g/mol. The fourth-order valence-electron chi connectivity index (χ4n) is 2.90. The third-order valence-corrected chi connectivity index (χ3v) is 4.34. The Morgan fingerprint density at radius 1 is 1.21 bits per heavy atom. The maximum absolute atomic E-state index is 12.0. The molecule has 1 fully saturated rings. The van der Waals surface area contributed by atoms with E-state index in [2.05, 4.69) is 23.5 Å². The van der Waals surface area contributed by atoms with E-state index in [0.29, 0.717) is 6.42 Å². The van der Waals surface area contributed by atoms with Crippen molar-refractivity contribution in [3.8, 4) is 0 Å². The van der Waals surface area contributed by atoms with Crippen molar-refractivity contribution >= 4 is 5.91 Å².